The van der Waals surface area contributed by atoms with Crippen LogP contribution >= 0.6 is 0 Å². The molecule has 1 aromatic heterocycles. The lowest BCUT2D eigenvalue weighted by Gasteiger charge is -2.07. The van der Waals surface area contributed by atoms with Crippen LogP contribution in [0.1, 0.15) is 10.5 Å². The maximum absolute atomic E-state index is 11.2. The molecule has 7 nitrogen and oxygen atoms in total. The van der Waals surface area contributed by atoms with E-state index in [-0.39, 0.29) is 5.69 Å². The molecule has 2 amide bonds. The Kier molecular flexibility index (Phi) is 4.35. The molecule has 0 atom stereocenters. The second kappa shape index (κ2) is 6.38. The van der Waals surface area contributed by atoms with E-state index in [9.17, 15) is 9.59 Å². The number of hydrogen-bond donors (Lipinski definition) is 2. The molecule has 0 aliphatic carbocycles. The highest BCUT2D eigenvalue weighted by Gasteiger charge is 2.07. The third kappa shape index (κ3) is 3.93. The number of urea groups is 1. The number of anilines is 1. The molecular formula is C14H13N3O4. The van der Waals surface area contributed by atoms with Crippen molar-refractivity contribution in [3.05, 3.63) is 48.3 Å². The Hall–Kier alpha value is -3.09. The third-order valence-electron chi connectivity index (χ3n) is 2.49. The van der Waals surface area contributed by atoms with Crippen LogP contribution in [0.4, 0.5) is 10.5 Å². The van der Waals surface area contributed by atoms with E-state index in [1.165, 1.54) is 19.4 Å². The van der Waals surface area contributed by atoms with E-state index >= 15 is 0 Å². The Bertz CT molecular complexity index is 638. The number of ether oxygens (including phenoxy) is 2. The molecule has 21 heavy (non-hydrogen) atoms. The van der Waals surface area contributed by atoms with Crippen molar-refractivity contribution in [3.8, 4) is 11.5 Å². The van der Waals surface area contributed by atoms with Gasteiger partial charge in [0.25, 0.3) is 0 Å². The normalized spacial score (nSPS) is 9.76. The molecule has 0 saturated carbocycles. The van der Waals surface area contributed by atoms with Gasteiger partial charge in [-0.15, -0.1) is 0 Å². The van der Waals surface area contributed by atoms with Crippen molar-refractivity contribution in [1.82, 2.24) is 4.98 Å². The second-order valence-electron chi connectivity index (χ2n) is 3.99. The van der Waals surface area contributed by atoms with Gasteiger partial charge < -0.3 is 20.5 Å². The summed E-state index contributed by atoms with van der Waals surface area (Å²) in [5.74, 6) is 0.513. The number of benzene rings is 1. The van der Waals surface area contributed by atoms with E-state index in [4.69, 9.17) is 10.5 Å². The Morgan fingerprint density at radius 3 is 2.29 bits per heavy atom. The lowest BCUT2D eigenvalue weighted by Crippen LogP contribution is -2.19. The minimum Gasteiger partial charge on any atom is -0.464 e. The van der Waals surface area contributed by atoms with E-state index in [1.54, 1.807) is 30.3 Å². The van der Waals surface area contributed by atoms with E-state index in [1.807, 2.05) is 0 Å². The van der Waals surface area contributed by atoms with Crippen LogP contribution < -0.4 is 15.8 Å². The molecule has 2 aromatic rings. The number of methoxy groups -OCH3 is 1. The molecule has 0 bridgehead atoms. The molecule has 1 heterocycles. The van der Waals surface area contributed by atoms with E-state index in [0.717, 1.165) is 0 Å². The predicted molar refractivity (Wildman–Crippen MR) is 75.3 cm³/mol. The summed E-state index contributed by atoms with van der Waals surface area (Å²) in [7, 11) is 1.29. The number of primary amides is 1. The van der Waals surface area contributed by atoms with Gasteiger partial charge in [-0.2, -0.15) is 0 Å². The topological polar surface area (TPSA) is 104 Å². The van der Waals surface area contributed by atoms with E-state index in [0.29, 0.717) is 17.2 Å². The van der Waals surface area contributed by atoms with Gasteiger partial charge in [-0.3, -0.25) is 0 Å². The lowest BCUT2D eigenvalue weighted by atomic mass is 10.3. The first-order valence-corrected chi connectivity index (χ1v) is 5.97. The monoisotopic (exact) mass is 287 g/mol. The van der Waals surface area contributed by atoms with Gasteiger partial charge in [-0.05, 0) is 36.4 Å². The van der Waals surface area contributed by atoms with Gasteiger partial charge in [-0.25, -0.2) is 14.6 Å². The van der Waals surface area contributed by atoms with Crippen LogP contribution in [0.5, 0.6) is 11.5 Å². The molecule has 0 fully saturated rings. The second-order valence-corrected chi connectivity index (χ2v) is 3.99. The summed E-state index contributed by atoms with van der Waals surface area (Å²) in [5, 5.41) is 2.44. The number of carbonyl (C=O) groups is 2. The number of nitrogens with two attached hydrogens (primary N) is 1. The van der Waals surface area contributed by atoms with Crippen molar-refractivity contribution < 1.29 is 19.1 Å². The van der Waals surface area contributed by atoms with Crippen molar-refractivity contribution in [2.75, 3.05) is 12.4 Å². The fourth-order valence-electron chi connectivity index (χ4n) is 1.55. The summed E-state index contributed by atoms with van der Waals surface area (Å²) in [6.07, 6.45) is 1.42. The van der Waals surface area contributed by atoms with Crippen molar-refractivity contribution in [2.24, 2.45) is 5.73 Å². The molecule has 0 unspecified atom stereocenters. The Morgan fingerprint density at radius 2 is 1.76 bits per heavy atom. The fraction of sp³-hybridized carbons (Fsp3) is 0.0714. The average molecular weight is 287 g/mol. The van der Waals surface area contributed by atoms with E-state index < -0.39 is 12.0 Å². The largest absolute Gasteiger partial charge is 0.464 e. The molecule has 1 aromatic carbocycles. The van der Waals surface area contributed by atoms with Crippen molar-refractivity contribution in [1.29, 1.82) is 0 Å². The number of nitrogens with zero attached hydrogens (tertiary/aromatic N) is 1. The van der Waals surface area contributed by atoms with Gasteiger partial charge in [0.2, 0.25) is 0 Å². The summed E-state index contributed by atoms with van der Waals surface area (Å²) in [6, 6.07) is 9.11. The zero-order valence-electron chi connectivity index (χ0n) is 11.2. The van der Waals surface area contributed by atoms with Gasteiger partial charge in [-0.1, -0.05) is 0 Å². The van der Waals surface area contributed by atoms with Crippen molar-refractivity contribution >= 4 is 17.7 Å². The quantitative estimate of drug-likeness (QED) is 0.838. The standard InChI is InChI=1S/C14H13N3O4/c1-20-13(18)12-7-6-11(8-16-12)21-10-4-2-9(3-5-10)17-14(15)19/h2-8H,1H3,(H3,15,17,19). The molecule has 3 N–H and O–H groups in total. The van der Waals surface area contributed by atoms with Gasteiger partial charge in [0.05, 0.1) is 13.3 Å². The zero-order chi connectivity index (χ0) is 15.2. The first kappa shape index (κ1) is 14.3. The van der Waals surface area contributed by atoms with Gasteiger partial charge in [0.1, 0.15) is 17.2 Å². The van der Waals surface area contributed by atoms with Crippen LogP contribution in [0.2, 0.25) is 0 Å². The highest BCUT2D eigenvalue weighted by atomic mass is 16.5. The molecule has 2 rings (SSSR count). The van der Waals surface area contributed by atoms with Gasteiger partial charge in [0, 0.05) is 5.69 Å². The maximum Gasteiger partial charge on any atom is 0.356 e. The average Bonchev–Trinajstić information content (AvgIpc) is 2.49. The van der Waals surface area contributed by atoms with Crippen LogP contribution in [-0.2, 0) is 4.74 Å². The highest BCUT2D eigenvalue weighted by molar-refractivity contribution is 5.88. The van der Waals surface area contributed by atoms with Crippen LogP contribution in [0, 0.1) is 0 Å². The first-order valence-electron chi connectivity index (χ1n) is 5.97. The number of rotatable bonds is 4. The number of amides is 2. The number of aromatic nitrogens is 1. The molecule has 0 aliphatic rings. The zero-order valence-corrected chi connectivity index (χ0v) is 11.2. The smallest absolute Gasteiger partial charge is 0.356 e. The van der Waals surface area contributed by atoms with Crippen LogP contribution in [0.3, 0.4) is 0 Å². The third-order valence-corrected chi connectivity index (χ3v) is 2.49. The number of carbonyl (C=O) groups excluding carboxylic acids is 2. The van der Waals surface area contributed by atoms with Crippen LogP contribution in [0.15, 0.2) is 42.6 Å². The number of esters is 1. The fourth-order valence-corrected chi connectivity index (χ4v) is 1.55. The molecular weight excluding hydrogens is 274 g/mol. The van der Waals surface area contributed by atoms with Gasteiger partial charge >= 0.3 is 12.0 Å². The van der Waals surface area contributed by atoms with Crippen LogP contribution in [-0.4, -0.2) is 24.1 Å². The molecule has 0 saturated heterocycles. The molecule has 108 valence electrons. The molecule has 0 aliphatic heterocycles. The summed E-state index contributed by atoms with van der Waals surface area (Å²) in [6.45, 7) is 0. The number of nitrogens with one attached hydrogen (secondary N) is 1. The minimum atomic E-state index is -0.633. The number of hydrogen-bond acceptors (Lipinski definition) is 5. The summed E-state index contributed by atoms with van der Waals surface area (Å²) >= 11 is 0. The highest BCUT2D eigenvalue weighted by Crippen LogP contribution is 2.22. The summed E-state index contributed by atoms with van der Waals surface area (Å²) < 4.78 is 10.1. The summed E-state index contributed by atoms with van der Waals surface area (Å²) in [4.78, 5) is 25.9. The SMILES string of the molecule is COC(=O)c1ccc(Oc2ccc(NC(N)=O)cc2)cn1. The maximum atomic E-state index is 11.2. The molecule has 0 radical (unpaired) electrons. The van der Waals surface area contributed by atoms with E-state index in [2.05, 4.69) is 15.0 Å². The van der Waals surface area contributed by atoms with Gasteiger partial charge in [0.15, 0.2) is 0 Å². The minimum absolute atomic E-state index is 0.200. The Morgan fingerprint density at radius 1 is 1.10 bits per heavy atom. The predicted octanol–water partition coefficient (Wildman–Crippen LogP) is 2.15. The van der Waals surface area contributed by atoms with Crippen molar-refractivity contribution in [2.45, 2.75) is 0 Å². The Balaban J connectivity index is 2.04. The Labute approximate surface area is 120 Å². The summed E-state index contributed by atoms with van der Waals surface area (Å²) in [5.41, 5.74) is 5.77. The lowest BCUT2D eigenvalue weighted by molar-refractivity contribution is 0.0594. The molecule has 7 heteroatoms. The number of pyridine rings is 1. The molecule has 0 spiro atoms. The van der Waals surface area contributed by atoms with Crippen molar-refractivity contribution in [3.63, 3.8) is 0 Å². The van der Waals surface area contributed by atoms with Crippen LogP contribution in [0.25, 0.3) is 0 Å². The first-order chi connectivity index (χ1) is 10.1.